The van der Waals surface area contributed by atoms with E-state index >= 15 is 0 Å². The minimum Gasteiger partial charge on any atom is -0.395 e. The molecule has 0 aliphatic carbocycles. The van der Waals surface area contributed by atoms with Gasteiger partial charge < -0.3 is 21.9 Å². The molecule has 0 spiro atoms. The first kappa shape index (κ1) is 44.7. The normalized spacial score (nSPS) is 11.0. The number of unbranched alkanes of at least 4 members (excludes halogenated alkanes) is 1. The van der Waals surface area contributed by atoms with Gasteiger partial charge in [0.1, 0.15) is 5.78 Å². The van der Waals surface area contributed by atoms with Crippen LogP contribution in [-0.4, -0.2) is 54.3 Å². The minimum atomic E-state index is -0.620. The lowest BCUT2D eigenvalue weighted by Gasteiger charge is -2.19. The van der Waals surface area contributed by atoms with Gasteiger partial charge in [-0.15, -0.1) is 5.73 Å². The van der Waals surface area contributed by atoms with Crippen LogP contribution in [0.15, 0.2) is 66.5 Å². The highest BCUT2D eigenvalue weighted by Crippen LogP contribution is 2.23. The predicted octanol–water partition coefficient (Wildman–Crippen LogP) is 6.13. The van der Waals surface area contributed by atoms with Crippen molar-refractivity contribution in [3.05, 3.63) is 66.5 Å². The summed E-state index contributed by atoms with van der Waals surface area (Å²) in [5, 5.41) is 12.2. The number of hydrogen-bond donors (Lipinski definition) is 4. The van der Waals surface area contributed by atoms with Crippen molar-refractivity contribution in [3.63, 3.8) is 0 Å². The predicted molar refractivity (Wildman–Crippen MR) is 185 cm³/mol. The number of amides is 3. The number of hydrogen-bond acceptors (Lipinski definition) is 7. The average Bonchev–Trinajstić information content (AvgIpc) is 2.98. The van der Waals surface area contributed by atoms with Crippen LogP contribution in [0.3, 0.4) is 0 Å². The molecular weight excluding hydrogens is 583 g/mol. The van der Waals surface area contributed by atoms with Crippen molar-refractivity contribution in [3.8, 4) is 0 Å². The Morgan fingerprint density at radius 3 is 1.84 bits per heavy atom. The van der Waals surface area contributed by atoms with E-state index in [2.05, 4.69) is 78.0 Å². The lowest BCUT2D eigenvalue weighted by atomic mass is 9.86. The Morgan fingerprint density at radius 2 is 1.30 bits per heavy atom. The minimum absolute atomic E-state index is 0.0765. The third-order valence-electron chi connectivity index (χ3n) is 5.35. The molecule has 0 fully saturated rings. The number of carbonyl (C=O) groups excluding carboxylic acids is 4. The van der Waals surface area contributed by atoms with Crippen LogP contribution in [0.4, 0.5) is 0 Å². The van der Waals surface area contributed by atoms with Gasteiger partial charge in [0, 0.05) is 36.3 Å². The molecule has 43 heavy (non-hydrogen) atoms. The smallest absolute Gasteiger partial charge is 0.220 e. The van der Waals surface area contributed by atoms with Crippen molar-refractivity contribution in [1.29, 1.82) is 0 Å². The number of ketones is 1. The second-order valence-corrected chi connectivity index (χ2v) is 12.2. The molecular formula is C33H55N3O5S2. The van der Waals surface area contributed by atoms with Gasteiger partial charge in [0.25, 0.3) is 0 Å². The van der Waals surface area contributed by atoms with E-state index in [0.29, 0.717) is 25.8 Å². The Morgan fingerprint density at radius 1 is 0.791 bits per heavy atom. The summed E-state index contributed by atoms with van der Waals surface area (Å²) >= 11 is 0. The summed E-state index contributed by atoms with van der Waals surface area (Å²) in [5.41, 5.74) is 10.9. The van der Waals surface area contributed by atoms with E-state index in [1.165, 1.54) is 0 Å². The molecule has 0 aliphatic rings. The second kappa shape index (κ2) is 37.2. The molecule has 8 nitrogen and oxygen atoms in total. The van der Waals surface area contributed by atoms with Crippen LogP contribution in [0.5, 0.6) is 0 Å². The van der Waals surface area contributed by atoms with E-state index < -0.39 is 5.41 Å². The molecule has 0 radical (unpaired) electrons. The van der Waals surface area contributed by atoms with Gasteiger partial charge in [0.05, 0.1) is 6.61 Å². The number of allylic oxidation sites excluding steroid dienone is 9. The van der Waals surface area contributed by atoms with E-state index in [1.807, 2.05) is 12.2 Å². The zero-order valence-electron chi connectivity index (χ0n) is 26.4. The number of rotatable bonds is 23. The molecule has 0 unspecified atom stereocenters. The first-order valence-electron chi connectivity index (χ1n) is 14.7. The first-order valence-corrected chi connectivity index (χ1v) is 17.2. The van der Waals surface area contributed by atoms with Crippen LogP contribution in [0.2, 0.25) is 0 Å². The Labute approximate surface area is 268 Å². The van der Waals surface area contributed by atoms with E-state index in [-0.39, 0.29) is 31.1 Å². The monoisotopic (exact) mass is 637 g/mol. The third kappa shape index (κ3) is 39.2. The van der Waals surface area contributed by atoms with Crippen LogP contribution < -0.4 is 16.8 Å². The zero-order chi connectivity index (χ0) is 32.9. The fourth-order valence-corrected chi connectivity index (χ4v) is 4.95. The Bertz CT molecular complexity index is 872. The maximum Gasteiger partial charge on any atom is 0.220 e. The summed E-state index contributed by atoms with van der Waals surface area (Å²) in [5.74, 6) is 2.07. The quantitative estimate of drug-likeness (QED) is 0.0346. The maximum absolute atomic E-state index is 11.9. The molecule has 6 N–H and O–H groups in total. The molecule has 0 heterocycles. The molecule has 0 bridgehead atoms. The highest BCUT2D eigenvalue weighted by atomic mass is 33.1. The molecule has 244 valence electrons. The van der Waals surface area contributed by atoms with Crippen molar-refractivity contribution in [1.82, 2.24) is 5.32 Å². The van der Waals surface area contributed by atoms with E-state index in [0.717, 1.165) is 56.5 Å². The average molecular weight is 638 g/mol. The summed E-state index contributed by atoms with van der Waals surface area (Å²) in [6, 6.07) is 0. The molecule has 0 rings (SSSR count). The van der Waals surface area contributed by atoms with Crippen LogP contribution in [0, 0.1) is 5.41 Å². The van der Waals surface area contributed by atoms with Crippen molar-refractivity contribution < 1.29 is 24.3 Å². The SMILES string of the molecule is CC/C=C\C/C=C\C/C=C\C/C=C\CC=C=CCCC(=O)NCCSSCCCCC(=O)C(C)(C)CO.NC=O.NC=O. The number of Topliss-reactive ketones (excluding diaryl/α,β-unsaturated/α-hetero) is 1. The third-order valence-corrected chi connectivity index (χ3v) is 7.84. The standard InChI is InChI=1S/C31H49NO3S2.2CH3NO/c1-4-5-6-7-8-9-10-11-12-13-14-15-16-17-18-19-20-24-30(35)32-25-27-37-36-26-22-21-23-29(34)31(2,3)28-33;2*2-1-3/h5-6,8-9,11-12,14-15,17,19,33H,4,7,10,13,16,20-28H2,1-3H3,(H,32,35);2*1H,(H2,2,3)/b6-5-,9-8-,12-11-,15-14-;;. The van der Waals surface area contributed by atoms with Gasteiger partial charge in [-0.2, -0.15) is 0 Å². The van der Waals surface area contributed by atoms with Gasteiger partial charge in [0.15, 0.2) is 0 Å². The van der Waals surface area contributed by atoms with Crippen LogP contribution in [0.25, 0.3) is 0 Å². The molecule has 0 aromatic carbocycles. The number of nitrogens with two attached hydrogens (primary N) is 2. The number of aliphatic hydroxyl groups excluding tert-OH is 1. The zero-order valence-corrected chi connectivity index (χ0v) is 28.0. The Balaban J connectivity index is -0.00000244. The van der Waals surface area contributed by atoms with E-state index in [9.17, 15) is 14.7 Å². The largest absolute Gasteiger partial charge is 0.395 e. The lowest BCUT2D eigenvalue weighted by Crippen LogP contribution is -2.27. The van der Waals surface area contributed by atoms with Gasteiger partial charge >= 0.3 is 0 Å². The second-order valence-electron chi connectivity index (χ2n) is 9.54. The Hall–Kier alpha value is -2.78. The number of carbonyl (C=O) groups is 4. The van der Waals surface area contributed by atoms with Crippen molar-refractivity contribution in [2.75, 3.05) is 24.7 Å². The van der Waals surface area contributed by atoms with Gasteiger partial charge in [-0.25, -0.2) is 0 Å². The van der Waals surface area contributed by atoms with Gasteiger partial charge in [0.2, 0.25) is 18.7 Å². The van der Waals surface area contributed by atoms with Crippen molar-refractivity contribution in [2.24, 2.45) is 16.9 Å². The highest BCUT2D eigenvalue weighted by Gasteiger charge is 2.25. The van der Waals surface area contributed by atoms with Crippen molar-refractivity contribution in [2.45, 2.75) is 85.0 Å². The van der Waals surface area contributed by atoms with Gasteiger partial charge in [-0.05, 0) is 63.5 Å². The first-order chi connectivity index (χ1) is 20.8. The van der Waals surface area contributed by atoms with Crippen LogP contribution in [-0.2, 0) is 19.2 Å². The molecule has 0 saturated carbocycles. The Kier molecular flexibility index (Phi) is 38.7. The topological polar surface area (TPSA) is 153 Å². The molecule has 10 heteroatoms. The molecule has 0 aliphatic heterocycles. The number of aliphatic hydroxyl groups is 1. The van der Waals surface area contributed by atoms with E-state index in [4.69, 9.17) is 9.59 Å². The lowest BCUT2D eigenvalue weighted by molar-refractivity contribution is -0.129. The summed E-state index contributed by atoms with van der Waals surface area (Å²) < 4.78 is 0. The van der Waals surface area contributed by atoms with Crippen LogP contribution >= 0.6 is 21.6 Å². The molecule has 0 aromatic rings. The van der Waals surface area contributed by atoms with Crippen molar-refractivity contribution >= 4 is 46.1 Å². The molecule has 3 amide bonds. The molecule has 0 atom stereocenters. The van der Waals surface area contributed by atoms with Gasteiger partial charge in [-0.3, -0.25) is 19.2 Å². The maximum atomic E-state index is 11.9. The fourth-order valence-electron chi connectivity index (χ4n) is 2.89. The fraction of sp³-hybridized carbons (Fsp3) is 0.545. The number of primary amides is 2. The summed E-state index contributed by atoms with van der Waals surface area (Å²) in [7, 11) is 3.53. The summed E-state index contributed by atoms with van der Waals surface area (Å²) in [4.78, 5) is 41.0. The van der Waals surface area contributed by atoms with Gasteiger partial charge in [-0.1, -0.05) is 91.0 Å². The van der Waals surface area contributed by atoms with E-state index in [1.54, 1.807) is 35.4 Å². The molecule has 0 aromatic heterocycles. The summed E-state index contributed by atoms with van der Waals surface area (Å²) in [6.45, 7) is 6.30. The molecule has 0 saturated heterocycles. The summed E-state index contributed by atoms with van der Waals surface area (Å²) in [6.07, 6.45) is 30.3. The highest BCUT2D eigenvalue weighted by molar-refractivity contribution is 8.76. The van der Waals surface area contributed by atoms with Crippen LogP contribution in [0.1, 0.15) is 85.0 Å². The number of nitrogens with one attached hydrogen (secondary N) is 1.